The van der Waals surface area contributed by atoms with E-state index in [1.807, 2.05) is 91.0 Å². The van der Waals surface area contributed by atoms with Crippen LogP contribution in [0, 0.1) is 0 Å². The van der Waals surface area contributed by atoms with Gasteiger partial charge in [0.2, 0.25) is 5.91 Å². The topological polar surface area (TPSA) is 66.4 Å². The van der Waals surface area contributed by atoms with E-state index in [9.17, 15) is 14.7 Å². The lowest BCUT2D eigenvalue weighted by Crippen LogP contribution is -2.52. The summed E-state index contributed by atoms with van der Waals surface area (Å²) < 4.78 is 0. The lowest BCUT2D eigenvalue weighted by molar-refractivity contribution is -0.142. The predicted octanol–water partition coefficient (Wildman–Crippen LogP) is 4.56. The molecule has 2 N–H and O–H groups in total. The molecule has 30 heavy (non-hydrogen) atoms. The number of benzene rings is 3. The van der Waals surface area contributed by atoms with Crippen molar-refractivity contribution in [2.24, 2.45) is 0 Å². The van der Waals surface area contributed by atoms with Crippen LogP contribution in [-0.2, 0) is 15.0 Å². The number of hydrogen-bond acceptors (Lipinski definition) is 2. The molecule has 0 spiro atoms. The molecule has 4 nitrogen and oxygen atoms in total. The van der Waals surface area contributed by atoms with Gasteiger partial charge >= 0.3 is 5.97 Å². The van der Waals surface area contributed by atoms with Crippen LogP contribution in [0.5, 0.6) is 0 Å². The van der Waals surface area contributed by atoms with E-state index >= 15 is 0 Å². The molecule has 0 unspecified atom stereocenters. The molecule has 152 valence electrons. The van der Waals surface area contributed by atoms with Crippen LogP contribution in [0.25, 0.3) is 0 Å². The van der Waals surface area contributed by atoms with E-state index in [2.05, 4.69) is 11.9 Å². The van der Waals surface area contributed by atoms with E-state index in [1.54, 1.807) is 6.92 Å². The molecule has 0 heterocycles. The number of rotatable bonds is 8. The molecule has 0 saturated carbocycles. The van der Waals surface area contributed by atoms with Crippen molar-refractivity contribution in [3.8, 4) is 0 Å². The maximum Gasteiger partial charge on any atom is 0.326 e. The van der Waals surface area contributed by atoms with Crippen molar-refractivity contribution in [2.45, 2.75) is 24.8 Å². The lowest BCUT2D eigenvalue weighted by Gasteiger charge is -2.35. The number of carboxylic acid groups (broad SMARTS) is 1. The first-order valence-electron chi connectivity index (χ1n) is 9.81. The highest BCUT2D eigenvalue weighted by atomic mass is 16.4. The molecular weight excluding hydrogens is 374 g/mol. The summed E-state index contributed by atoms with van der Waals surface area (Å²) in [4.78, 5) is 25.8. The van der Waals surface area contributed by atoms with Crippen molar-refractivity contribution in [1.29, 1.82) is 0 Å². The molecule has 0 aliphatic rings. The van der Waals surface area contributed by atoms with Crippen molar-refractivity contribution < 1.29 is 14.7 Å². The van der Waals surface area contributed by atoms with Gasteiger partial charge in [0.25, 0.3) is 0 Å². The predicted molar refractivity (Wildman–Crippen MR) is 118 cm³/mol. The second-order valence-corrected chi connectivity index (χ2v) is 7.37. The average Bonchev–Trinajstić information content (AvgIpc) is 2.76. The molecule has 0 fully saturated rings. The maximum absolute atomic E-state index is 14.0. The van der Waals surface area contributed by atoms with Gasteiger partial charge in [0, 0.05) is 0 Å². The van der Waals surface area contributed by atoms with Gasteiger partial charge in [-0.05, 0) is 30.0 Å². The largest absolute Gasteiger partial charge is 0.480 e. The van der Waals surface area contributed by atoms with E-state index in [4.69, 9.17) is 0 Å². The highest BCUT2D eigenvalue weighted by Gasteiger charge is 2.44. The van der Waals surface area contributed by atoms with Crippen LogP contribution in [0.4, 0.5) is 0 Å². The number of hydrogen-bond donors (Lipinski definition) is 2. The summed E-state index contributed by atoms with van der Waals surface area (Å²) in [6.07, 6.45) is 0.162. The summed E-state index contributed by atoms with van der Waals surface area (Å²) in [5.41, 5.74) is 1.78. The second kappa shape index (κ2) is 9.23. The molecule has 4 heteroatoms. The zero-order valence-corrected chi connectivity index (χ0v) is 16.9. The standard InChI is InChI=1S/C26H25NO3/c1-19(2)18-23(24(28)29)27-25(30)26(20-12-6-3-7-13-20,21-14-8-4-9-15-21)22-16-10-5-11-17-22/h3-17,23H,1,18H2,2H3,(H,27,30)(H,28,29)/t23-/m0/s1. The van der Waals surface area contributed by atoms with Crippen LogP contribution in [0.15, 0.2) is 103 Å². The van der Waals surface area contributed by atoms with Crippen LogP contribution in [0.1, 0.15) is 30.0 Å². The molecule has 3 aromatic rings. The summed E-state index contributed by atoms with van der Waals surface area (Å²) in [6, 6.07) is 27.3. The van der Waals surface area contributed by atoms with Crippen LogP contribution in [0.2, 0.25) is 0 Å². The Hall–Kier alpha value is -3.66. The molecule has 0 radical (unpaired) electrons. The fourth-order valence-corrected chi connectivity index (χ4v) is 3.77. The van der Waals surface area contributed by atoms with Gasteiger partial charge in [-0.15, -0.1) is 6.58 Å². The molecule has 0 aromatic heterocycles. The summed E-state index contributed by atoms with van der Waals surface area (Å²) in [5.74, 6) is -1.48. The van der Waals surface area contributed by atoms with Crippen LogP contribution >= 0.6 is 0 Å². The Kier molecular flexibility index (Phi) is 6.48. The van der Waals surface area contributed by atoms with Gasteiger partial charge in [0.1, 0.15) is 11.5 Å². The fourth-order valence-electron chi connectivity index (χ4n) is 3.77. The molecule has 3 aromatic carbocycles. The lowest BCUT2D eigenvalue weighted by atomic mass is 9.68. The number of nitrogens with one attached hydrogen (secondary N) is 1. The monoisotopic (exact) mass is 399 g/mol. The van der Waals surface area contributed by atoms with Crippen molar-refractivity contribution in [3.63, 3.8) is 0 Å². The van der Waals surface area contributed by atoms with Crippen LogP contribution < -0.4 is 5.32 Å². The zero-order chi connectivity index (χ0) is 21.6. The van der Waals surface area contributed by atoms with Crippen molar-refractivity contribution in [2.75, 3.05) is 0 Å². The Bertz CT molecular complexity index is 917. The van der Waals surface area contributed by atoms with Crippen molar-refractivity contribution in [3.05, 3.63) is 120 Å². The molecule has 0 aliphatic carbocycles. The highest BCUT2D eigenvalue weighted by Crippen LogP contribution is 2.39. The fraction of sp³-hybridized carbons (Fsp3) is 0.154. The number of carbonyl (C=O) groups is 2. The van der Waals surface area contributed by atoms with Crippen molar-refractivity contribution >= 4 is 11.9 Å². The molecule has 0 saturated heterocycles. The third kappa shape index (κ3) is 4.18. The summed E-state index contributed by atoms with van der Waals surface area (Å²) in [5, 5.41) is 12.5. The number of carbonyl (C=O) groups excluding carboxylic acids is 1. The minimum atomic E-state index is -1.20. The number of amides is 1. The Morgan fingerprint density at radius 3 is 1.50 bits per heavy atom. The van der Waals surface area contributed by atoms with Gasteiger partial charge in [0.15, 0.2) is 0 Å². The molecule has 0 aliphatic heterocycles. The third-order valence-corrected chi connectivity index (χ3v) is 5.12. The smallest absolute Gasteiger partial charge is 0.326 e. The molecule has 0 bridgehead atoms. The quantitative estimate of drug-likeness (QED) is 0.431. The van der Waals surface area contributed by atoms with Gasteiger partial charge in [-0.25, -0.2) is 4.79 Å². The first-order valence-corrected chi connectivity index (χ1v) is 9.81. The van der Waals surface area contributed by atoms with Crippen LogP contribution in [-0.4, -0.2) is 23.0 Å². The second-order valence-electron chi connectivity index (χ2n) is 7.37. The molecule has 1 amide bonds. The summed E-state index contributed by atoms with van der Waals surface area (Å²) in [7, 11) is 0. The Morgan fingerprint density at radius 2 is 1.20 bits per heavy atom. The number of carboxylic acids is 1. The maximum atomic E-state index is 14.0. The van der Waals surface area contributed by atoms with E-state index in [1.165, 1.54) is 0 Å². The highest BCUT2D eigenvalue weighted by molar-refractivity contribution is 5.98. The average molecular weight is 399 g/mol. The Labute approximate surface area is 176 Å². The van der Waals surface area contributed by atoms with E-state index in [0.717, 1.165) is 16.7 Å². The zero-order valence-electron chi connectivity index (χ0n) is 16.9. The van der Waals surface area contributed by atoms with Gasteiger partial charge in [-0.2, -0.15) is 0 Å². The first-order chi connectivity index (χ1) is 14.5. The summed E-state index contributed by atoms with van der Waals surface area (Å²) >= 11 is 0. The van der Waals surface area contributed by atoms with Gasteiger partial charge in [-0.3, -0.25) is 4.79 Å². The van der Waals surface area contributed by atoms with E-state index < -0.39 is 17.4 Å². The van der Waals surface area contributed by atoms with Gasteiger partial charge < -0.3 is 10.4 Å². The van der Waals surface area contributed by atoms with Crippen LogP contribution in [0.3, 0.4) is 0 Å². The number of aliphatic carboxylic acids is 1. The van der Waals surface area contributed by atoms with E-state index in [-0.39, 0.29) is 12.3 Å². The van der Waals surface area contributed by atoms with E-state index in [0.29, 0.717) is 5.57 Å². The third-order valence-electron chi connectivity index (χ3n) is 5.12. The minimum absolute atomic E-state index is 0.162. The minimum Gasteiger partial charge on any atom is -0.480 e. The molecule has 3 rings (SSSR count). The van der Waals surface area contributed by atoms with Gasteiger partial charge in [0.05, 0.1) is 0 Å². The SMILES string of the molecule is C=C(C)C[C@H](NC(=O)C(c1ccccc1)(c1ccccc1)c1ccccc1)C(=O)O. The Morgan fingerprint density at radius 1 is 0.833 bits per heavy atom. The summed E-state index contributed by atoms with van der Waals surface area (Å²) in [6.45, 7) is 5.56. The van der Waals surface area contributed by atoms with Gasteiger partial charge in [-0.1, -0.05) is 96.6 Å². The normalized spacial score (nSPS) is 12.0. The Balaban J connectivity index is 2.24. The molecule has 1 atom stereocenters. The molecular formula is C26H25NO3. The first kappa shape index (κ1) is 21.1. The van der Waals surface area contributed by atoms with Crippen molar-refractivity contribution in [1.82, 2.24) is 5.32 Å².